The molecule has 1 saturated heterocycles. The van der Waals surface area contributed by atoms with E-state index in [1.165, 1.54) is 11.3 Å². The topological polar surface area (TPSA) is 88.0 Å². The van der Waals surface area contributed by atoms with Crippen LogP contribution < -0.4 is 4.90 Å². The molecule has 1 aliphatic rings. The minimum absolute atomic E-state index is 0.0225. The molecule has 0 bridgehead atoms. The summed E-state index contributed by atoms with van der Waals surface area (Å²) in [5.41, 5.74) is 0.825. The molecule has 27 heavy (non-hydrogen) atoms. The summed E-state index contributed by atoms with van der Waals surface area (Å²) >= 11 is 1.34. The maximum absolute atomic E-state index is 12.3. The summed E-state index contributed by atoms with van der Waals surface area (Å²) in [6, 6.07) is 0. The third kappa shape index (κ3) is 4.37. The molecule has 8 nitrogen and oxygen atoms in total. The number of aromatic nitrogens is 2. The predicted molar refractivity (Wildman–Crippen MR) is 105 cm³/mol. The highest BCUT2D eigenvalue weighted by Gasteiger charge is 2.23. The molecule has 3 rings (SSSR count). The van der Waals surface area contributed by atoms with Crippen LogP contribution in [0.5, 0.6) is 0 Å². The van der Waals surface area contributed by atoms with E-state index in [9.17, 15) is 9.90 Å². The number of morpholine rings is 1. The Morgan fingerprint density at radius 3 is 2.78 bits per heavy atom. The number of likely N-dealkylation sites (N-methyl/N-ethyl adjacent to an activating group) is 1. The molecule has 1 fully saturated rings. The first kappa shape index (κ1) is 19.9. The molecule has 9 heteroatoms. The van der Waals surface area contributed by atoms with Gasteiger partial charge >= 0.3 is 5.97 Å². The third-order valence-corrected chi connectivity index (χ3v) is 5.71. The van der Waals surface area contributed by atoms with Gasteiger partial charge in [0.1, 0.15) is 21.3 Å². The van der Waals surface area contributed by atoms with E-state index in [0.29, 0.717) is 43.6 Å². The van der Waals surface area contributed by atoms with Crippen molar-refractivity contribution in [2.75, 3.05) is 58.0 Å². The van der Waals surface area contributed by atoms with Crippen molar-refractivity contribution >= 4 is 33.3 Å². The molecule has 148 valence electrons. The maximum Gasteiger partial charge on any atom is 0.348 e. The van der Waals surface area contributed by atoms with Crippen LogP contribution in [0.25, 0.3) is 10.2 Å². The van der Waals surface area contributed by atoms with E-state index in [2.05, 4.69) is 4.90 Å². The van der Waals surface area contributed by atoms with Crippen molar-refractivity contribution in [2.24, 2.45) is 0 Å². The number of aryl methyl sites for hydroxylation is 1. The Morgan fingerprint density at radius 2 is 2.11 bits per heavy atom. The molecule has 2 aromatic heterocycles. The molecule has 2 aromatic rings. The first-order chi connectivity index (χ1) is 13.0. The van der Waals surface area contributed by atoms with Crippen molar-refractivity contribution in [3.8, 4) is 0 Å². The lowest BCUT2D eigenvalue weighted by Crippen LogP contribution is -2.36. The molecule has 1 N–H and O–H groups in total. The van der Waals surface area contributed by atoms with Crippen molar-refractivity contribution < 1.29 is 19.4 Å². The number of thiophene rings is 1. The Balaban J connectivity index is 2.03. The van der Waals surface area contributed by atoms with Crippen molar-refractivity contribution in [2.45, 2.75) is 20.4 Å². The predicted octanol–water partition coefficient (Wildman–Crippen LogP) is 1.44. The molecule has 0 aromatic carbocycles. The summed E-state index contributed by atoms with van der Waals surface area (Å²) in [5.74, 6) is 1.12. The van der Waals surface area contributed by atoms with Crippen molar-refractivity contribution in [3.63, 3.8) is 0 Å². The highest BCUT2D eigenvalue weighted by molar-refractivity contribution is 7.20. The molecule has 0 spiro atoms. The van der Waals surface area contributed by atoms with E-state index in [0.717, 1.165) is 34.7 Å². The normalized spacial score (nSPS) is 15.3. The zero-order valence-corrected chi connectivity index (χ0v) is 16.8. The fourth-order valence-corrected chi connectivity index (χ4v) is 4.20. The molecule has 0 aliphatic carbocycles. The van der Waals surface area contributed by atoms with E-state index in [1.807, 2.05) is 18.9 Å². The van der Waals surface area contributed by atoms with Gasteiger partial charge in [-0.1, -0.05) is 0 Å². The number of aliphatic hydroxyl groups excluding tert-OH is 1. The number of esters is 1. The largest absolute Gasteiger partial charge is 0.462 e. The monoisotopic (exact) mass is 394 g/mol. The van der Waals surface area contributed by atoms with Gasteiger partial charge in [-0.2, -0.15) is 0 Å². The van der Waals surface area contributed by atoms with Crippen LogP contribution in [-0.2, 0) is 16.0 Å². The molecule has 0 atom stereocenters. The second-order valence-electron chi connectivity index (χ2n) is 6.45. The number of ether oxygens (including phenoxy) is 2. The van der Waals surface area contributed by atoms with E-state index in [-0.39, 0.29) is 12.6 Å². The van der Waals surface area contributed by atoms with E-state index >= 15 is 0 Å². The van der Waals surface area contributed by atoms with Crippen molar-refractivity contribution in [3.05, 3.63) is 16.3 Å². The first-order valence-electron chi connectivity index (χ1n) is 9.14. The van der Waals surface area contributed by atoms with E-state index < -0.39 is 0 Å². The first-order valence-corrected chi connectivity index (χ1v) is 9.96. The van der Waals surface area contributed by atoms with E-state index in [4.69, 9.17) is 19.4 Å². The van der Waals surface area contributed by atoms with Crippen LogP contribution in [0.1, 0.15) is 28.0 Å². The van der Waals surface area contributed by atoms with Gasteiger partial charge in [-0.3, -0.25) is 4.90 Å². The lowest BCUT2D eigenvalue weighted by molar-refractivity contribution is 0.0331. The summed E-state index contributed by atoms with van der Waals surface area (Å²) in [4.78, 5) is 27.3. The van der Waals surface area contributed by atoms with Crippen LogP contribution in [0, 0.1) is 6.92 Å². The molecule has 0 amide bonds. The zero-order valence-electron chi connectivity index (χ0n) is 16.0. The van der Waals surface area contributed by atoms with Crippen molar-refractivity contribution in [1.29, 1.82) is 0 Å². The lowest BCUT2D eigenvalue weighted by atomic mass is 10.2. The van der Waals surface area contributed by atoms with Crippen LogP contribution >= 0.6 is 11.3 Å². The fourth-order valence-electron chi connectivity index (χ4n) is 3.11. The molecule has 1 aliphatic heterocycles. The molecule has 0 saturated carbocycles. The van der Waals surface area contributed by atoms with Gasteiger partial charge < -0.3 is 19.5 Å². The van der Waals surface area contributed by atoms with Gasteiger partial charge in [0.25, 0.3) is 0 Å². The molecule has 3 heterocycles. The summed E-state index contributed by atoms with van der Waals surface area (Å²) in [7, 11) is 1.89. The highest BCUT2D eigenvalue weighted by atomic mass is 32.1. The van der Waals surface area contributed by atoms with Crippen LogP contribution in [0.4, 0.5) is 5.82 Å². The second kappa shape index (κ2) is 8.92. The number of fused-ring (bicyclic) bond motifs is 1. The highest BCUT2D eigenvalue weighted by Crippen LogP contribution is 2.35. The number of rotatable bonds is 7. The minimum Gasteiger partial charge on any atom is -0.462 e. The van der Waals surface area contributed by atoms with Gasteiger partial charge in [0, 0.05) is 26.7 Å². The van der Waals surface area contributed by atoms with Gasteiger partial charge in [-0.25, -0.2) is 14.8 Å². The standard InChI is InChI=1S/C18H26N4O4S/c1-4-26-18(24)15-12(2)14-16(21(3)5-8-23)19-13(20-17(14)27-15)11-22-6-9-25-10-7-22/h23H,4-11H2,1-3H3. The Morgan fingerprint density at radius 1 is 1.37 bits per heavy atom. The lowest BCUT2D eigenvalue weighted by Gasteiger charge is -2.26. The number of carbonyl (C=O) groups is 1. The van der Waals surface area contributed by atoms with Crippen LogP contribution in [0.15, 0.2) is 0 Å². The smallest absolute Gasteiger partial charge is 0.348 e. The summed E-state index contributed by atoms with van der Waals surface area (Å²) in [6.07, 6.45) is 0. The number of carbonyl (C=O) groups excluding carboxylic acids is 1. The molecular weight excluding hydrogens is 368 g/mol. The average molecular weight is 394 g/mol. The van der Waals surface area contributed by atoms with Crippen molar-refractivity contribution in [1.82, 2.24) is 14.9 Å². The molecule has 0 unspecified atom stereocenters. The number of hydrogen-bond donors (Lipinski definition) is 1. The summed E-state index contributed by atoms with van der Waals surface area (Å²) in [5, 5.41) is 10.2. The molecular formula is C18H26N4O4S. The van der Waals surface area contributed by atoms with Gasteiger partial charge in [0.2, 0.25) is 0 Å². The Bertz CT molecular complexity index is 804. The fraction of sp³-hybridized carbons (Fsp3) is 0.611. The Hall–Kier alpha value is -1.81. The number of hydrogen-bond acceptors (Lipinski definition) is 9. The van der Waals surface area contributed by atoms with E-state index in [1.54, 1.807) is 6.92 Å². The van der Waals surface area contributed by atoms with Crippen LogP contribution in [-0.4, -0.2) is 79.1 Å². The van der Waals surface area contributed by atoms with Crippen LogP contribution in [0.2, 0.25) is 0 Å². The SMILES string of the molecule is CCOC(=O)c1sc2nc(CN3CCOCC3)nc(N(C)CCO)c2c1C. The molecule has 0 radical (unpaired) electrons. The minimum atomic E-state index is -0.330. The number of anilines is 1. The Labute approximate surface area is 162 Å². The number of nitrogens with zero attached hydrogens (tertiary/aromatic N) is 4. The van der Waals surface area contributed by atoms with Gasteiger partial charge in [-0.05, 0) is 19.4 Å². The van der Waals surface area contributed by atoms with Crippen LogP contribution in [0.3, 0.4) is 0 Å². The van der Waals surface area contributed by atoms with Gasteiger partial charge in [0.15, 0.2) is 0 Å². The Kier molecular flexibility index (Phi) is 6.59. The second-order valence-corrected chi connectivity index (χ2v) is 7.45. The van der Waals surface area contributed by atoms with Gasteiger partial charge in [-0.15, -0.1) is 11.3 Å². The van der Waals surface area contributed by atoms with Gasteiger partial charge in [0.05, 0.1) is 38.4 Å². The quantitative estimate of drug-likeness (QED) is 0.706. The third-order valence-electron chi connectivity index (χ3n) is 4.54. The average Bonchev–Trinajstić information content (AvgIpc) is 2.99. The number of aliphatic hydroxyl groups is 1. The summed E-state index contributed by atoms with van der Waals surface area (Å²) in [6.45, 7) is 8.24. The zero-order chi connectivity index (χ0) is 19.4. The summed E-state index contributed by atoms with van der Waals surface area (Å²) < 4.78 is 10.6. The maximum atomic E-state index is 12.3.